The summed E-state index contributed by atoms with van der Waals surface area (Å²) in [7, 11) is 0. The normalized spacial score (nSPS) is 11.5. The number of fused-ring (bicyclic) bond motifs is 7. The molecule has 12 rings (SSSR count). The molecule has 0 saturated carbocycles. The Hall–Kier alpha value is -7.99. The maximum Gasteiger partial charge on any atom is 0.164 e. The van der Waals surface area contributed by atoms with Gasteiger partial charge in [-0.1, -0.05) is 188 Å². The zero-order chi connectivity index (χ0) is 41.0. The lowest BCUT2D eigenvalue weighted by molar-refractivity contribution is 1.07. The van der Waals surface area contributed by atoms with Crippen LogP contribution in [0.4, 0.5) is 0 Å². The summed E-state index contributed by atoms with van der Waals surface area (Å²) in [6.07, 6.45) is 0. The van der Waals surface area contributed by atoms with E-state index in [1.165, 1.54) is 53.1 Å². The maximum absolute atomic E-state index is 5.32. The molecule has 0 bridgehead atoms. The highest BCUT2D eigenvalue weighted by Gasteiger charge is 2.23. The van der Waals surface area contributed by atoms with E-state index >= 15 is 0 Å². The second-order valence-electron chi connectivity index (χ2n) is 15.5. The molecule has 0 unspecified atom stereocenters. The van der Waals surface area contributed by atoms with E-state index in [-0.39, 0.29) is 0 Å². The molecule has 290 valence electrons. The molecule has 0 radical (unpaired) electrons. The number of hydrogen-bond acceptors (Lipinski definition) is 4. The van der Waals surface area contributed by atoms with E-state index < -0.39 is 0 Å². The van der Waals surface area contributed by atoms with Gasteiger partial charge in [-0.25, -0.2) is 15.0 Å². The van der Waals surface area contributed by atoms with Gasteiger partial charge in [-0.05, 0) is 63.7 Å². The molecule has 0 spiro atoms. The summed E-state index contributed by atoms with van der Waals surface area (Å²) < 4.78 is 4.93. The highest BCUT2D eigenvalue weighted by atomic mass is 32.1. The lowest BCUT2D eigenvalue weighted by atomic mass is 9.89. The second-order valence-corrected chi connectivity index (χ2v) is 16.6. The Labute approximate surface area is 362 Å². The number of rotatable bonds is 7. The quantitative estimate of drug-likeness (QED) is 0.161. The van der Waals surface area contributed by atoms with Gasteiger partial charge in [-0.3, -0.25) is 0 Å². The molecule has 5 heteroatoms. The molecule has 62 heavy (non-hydrogen) atoms. The van der Waals surface area contributed by atoms with Gasteiger partial charge in [0.25, 0.3) is 0 Å². The van der Waals surface area contributed by atoms with Crippen LogP contribution >= 0.6 is 11.3 Å². The number of para-hydroxylation sites is 2. The SMILES string of the molecule is c1ccc(-c2nc(-c3ccccc3)nc(-c3cc(-c4ccccc4-c4ccccc4)ccc3-c3cccc4sc5c(ccc6c7ccccc7n(-c7ccccc7)c65)c34)n2)cc1. The molecule has 0 fully saturated rings. The fourth-order valence-corrected chi connectivity index (χ4v) is 10.3. The minimum absolute atomic E-state index is 0.620. The zero-order valence-electron chi connectivity index (χ0n) is 33.5. The lowest BCUT2D eigenvalue weighted by Crippen LogP contribution is -2.01. The van der Waals surface area contributed by atoms with Crippen LogP contribution in [0.2, 0.25) is 0 Å². The van der Waals surface area contributed by atoms with Crippen LogP contribution in [0.5, 0.6) is 0 Å². The van der Waals surface area contributed by atoms with Crippen molar-refractivity contribution in [1.29, 1.82) is 0 Å². The molecular formula is C57H36N4S. The number of hydrogen-bond donors (Lipinski definition) is 0. The molecule has 0 saturated heterocycles. The molecule has 0 aliphatic rings. The molecule has 12 aromatic rings. The van der Waals surface area contributed by atoms with Gasteiger partial charge in [0.05, 0.1) is 15.7 Å². The average molecular weight is 809 g/mol. The third-order valence-corrected chi connectivity index (χ3v) is 13.1. The number of nitrogens with zero attached hydrogens (tertiary/aromatic N) is 4. The number of benzene rings is 9. The summed E-state index contributed by atoms with van der Waals surface area (Å²) in [4.78, 5) is 15.7. The summed E-state index contributed by atoms with van der Waals surface area (Å²) in [6.45, 7) is 0. The van der Waals surface area contributed by atoms with Gasteiger partial charge < -0.3 is 4.57 Å². The van der Waals surface area contributed by atoms with Gasteiger partial charge in [-0.2, -0.15) is 0 Å². The number of thiophene rings is 1. The molecule has 9 aromatic carbocycles. The van der Waals surface area contributed by atoms with E-state index in [9.17, 15) is 0 Å². The monoisotopic (exact) mass is 808 g/mol. The van der Waals surface area contributed by atoms with E-state index in [2.05, 4.69) is 187 Å². The summed E-state index contributed by atoms with van der Waals surface area (Å²) in [5.41, 5.74) is 13.1. The zero-order valence-corrected chi connectivity index (χ0v) is 34.3. The van der Waals surface area contributed by atoms with Crippen molar-refractivity contribution in [3.05, 3.63) is 218 Å². The van der Waals surface area contributed by atoms with Crippen molar-refractivity contribution in [2.24, 2.45) is 0 Å². The van der Waals surface area contributed by atoms with E-state index in [0.717, 1.165) is 44.6 Å². The van der Waals surface area contributed by atoms with E-state index in [4.69, 9.17) is 15.0 Å². The van der Waals surface area contributed by atoms with Gasteiger partial charge in [0.1, 0.15) is 0 Å². The Balaban J connectivity index is 1.15. The standard InChI is InChI=1S/C57H36N4S/c1-5-18-37(19-6-1)42-26-13-14-27-43(42)40-32-33-44(49(36-40)57-59-55(38-20-7-2-8-21-38)58-56(60-57)39-22-9-3-10-23-39)46-29-17-31-51-52(46)48-35-34-47-45-28-15-16-30-50(45)61(53(47)54(48)62-51)41-24-11-4-12-25-41/h1-36H. The van der Waals surface area contributed by atoms with Gasteiger partial charge in [-0.15, -0.1) is 11.3 Å². The van der Waals surface area contributed by atoms with E-state index in [0.29, 0.717) is 17.5 Å². The van der Waals surface area contributed by atoms with Crippen molar-refractivity contribution in [3.63, 3.8) is 0 Å². The summed E-state index contributed by atoms with van der Waals surface area (Å²) in [5, 5.41) is 4.94. The summed E-state index contributed by atoms with van der Waals surface area (Å²) >= 11 is 1.86. The van der Waals surface area contributed by atoms with Gasteiger partial charge in [0, 0.05) is 48.6 Å². The molecule has 0 N–H and O–H groups in total. The second kappa shape index (κ2) is 14.9. The highest BCUT2D eigenvalue weighted by Crippen LogP contribution is 2.48. The fraction of sp³-hybridized carbons (Fsp3) is 0. The largest absolute Gasteiger partial charge is 0.308 e. The first-order valence-corrected chi connectivity index (χ1v) is 21.7. The van der Waals surface area contributed by atoms with Crippen LogP contribution in [-0.2, 0) is 0 Å². The van der Waals surface area contributed by atoms with E-state index in [1.807, 2.05) is 47.7 Å². The number of aromatic nitrogens is 4. The molecule has 4 nitrogen and oxygen atoms in total. The van der Waals surface area contributed by atoms with Crippen LogP contribution < -0.4 is 0 Å². The van der Waals surface area contributed by atoms with Gasteiger partial charge >= 0.3 is 0 Å². The minimum Gasteiger partial charge on any atom is -0.308 e. The Morgan fingerprint density at radius 1 is 0.339 bits per heavy atom. The molecule has 0 amide bonds. The Kier molecular flexibility index (Phi) is 8.65. The van der Waals surface area contributed by atoms with Crippen LogP contribution in [0.25, 0.3) is 115 Å². The maximum atomic E-state index is 5.32. The molecule has 3 aromatic heterocycles. The average Bonchev–Trinajstić information content (AvgIpc) is 3.91. The van der Waals surface area contributed by atoms with Crippen molar-refractivity contribution in [1.82, 2.24) is 19.5 Å². The minimum atomic E-state index is 0.620. The van der Waals surface area contributed by atoms with Crippen LogP contribution in [-0.4, -0.2) is 19.5 Å². The van der Waals surface area contributed by atoms with Crippen LogP contribution in [0.3, 0.4) is 0 Å². The van der Waals surface area contributed by atoms with Crippen LogP contribution in [0, 0.1) is 0 Å². The van der Waals surface area contributed by atoms with Crippen molar-refractivity contribution in [2.75, 3.05) is 0 Å². The predicted octanol–water partition coefficient (Wildman–Crippen LogP) is 15.3. The van der Waals surface area contributed by atoms with Crippen molar-refractivity contribution in [3.8, 4) is 73.2 Å². The Morgan fingerprint density at radius 2 is 0.887 bits per heavy atom. The first-order valence-electron chi connectivity index (χ1n) is 20.9. The lowest BCUT2D eigenvalue weighted by Gasteiger charge is -2.16. The van der Waals surface area contributed by atoms with Gasteiger partial charge in [0.15, 0.2) is 17.5 Å². The molecular weight excluding hydrogens is 773 g/mol. The molecule has 0 aliphatic heterocycles. The predicted molar refractivity (Wildman–Crippen MR) is 260 cm³/mol. The van der Waals surface area contributed by atoms with E-state index in [1.54, 1.807) is 0 Å². The summed E-state index contributed by atoms with van der Waals surface area (Å²) in [5.74, 6) is 1.88. The van der Waals surface area contributed by atoms with Crippen LogP contribution in [0.1, 0.15) is 0 Å². The van der Waals surface area contributed by atoms with Crippen molar-refractivity contribution in [2.45, 2.75) is 0 Å². The van der Waals surface area contributed by atoms with Crippen molar-refractivity contribution < 1.29 is 0 Å². The van der Waals surface area contributed by atoms with Gasteiger partial charge in [0.2, 0.25) is 0 Å². The Bertz CT molecular complexity index is 3560. The molecule has 0 atom stereocenters. The third kappa shape index (κ3) is 6.01. The molecule has 3 heterocycles. The smallest absolute Gasteiger partial charge is 0.164 e. The first kappa shape index (κ1) is 35.9. The van der Waals surface area contributed by atoms with Crippen molar-refractivity contribution >= 4 is 53.3 Å². The topological polar surface area (TPSA) is 43.6 Å². The molecule has 0 aliphatic carbocycles. The first-order chi connectivity index (χ1) is 30.8. The highest BCUT2D eigenvalue weighted by molar-refractivity contribution is 7.26. The third-order valence-electron chi connectivity index (χ3n) is 11.9. The van der Waals surface area contributed by atoms with Crippen LogP contribution in [0.15, 0.2) is 218 Å². The summed E-state index contributed by atoms with van der Waals surface area (Å²) in [6, 6.07) is 77.4. The fourth-order valence-electron chi connectivity index (χ4n) is 9.07. The Morgan fingerprint density at radius 3 is 1.58 bits per heavy atom.